The predicted molar refractivity (Wildman–Crippen MR) is 88.4 cm³/mol. The van der Waals surface area contributed by atoms with Gasteiger partial charge in [0.25, 0.3) is 0 Å². The van der Waals surface area contributed by atoms with Gasteiger partial charge in [0.05, 0.1) is 0 Å². The maximum Gasteiger partial charge on any atom is 0.335 e. The van der Waals surface area contributed by atoms with Gasteiger partial charge in [-0.1, -0.05) is 12.1 Å². The van der Waals surface area contributed by atoms with Gasteiger partial charge in [0.15, 0.2) is 0 Å². The third kappa shape index (κ3) is 4.08. The Morgan fingerprint density at radius 2 is 1.68 bits per heavy atom. The highest BCUT2D eigenvalue weighted by Crippen LogP contribution is 2.16. The molecule has 0 bridgehead atoms. The Kier molecular flexibility index (Phi) is 5.28. The second kappa shape index (κ2) is 7.39. The van der Waals surface area contributed by atoms with Crippen LogP contribution in [0.15, 0.2) is 36.9 Å². The molecule has 130 valence electrons. The van der Waals surface area contributed by atoms with Gasteiger partial charge in [0, 0.05) is 24.8 Å². The molecule has 25 heavy (non-hydrogen) atoms. The Hall–Kier alpha value is -3.49. The third-order valence-electron chi connectivity index (χ3n) is 3.22. The number of nitrogens with zero attached hydrogens (tertiary/aromatic N) is 2. The number of urea groups is 1. The van der Waals surface area contributed by atoms with Crippen LogP contribution in [-0.4, -0.2) is 52.5 Å². The number of nitrogens with one attached hydrogen (secondary N) is 2. The molecule has 1 aliphatic rings. The van der Waals surface area contributed by atoms with E-state index >= 15 is 0 Å². The topological polar surface area (TPSA) is 116 Å². The molecule has 1 fully saturated rings. The number of amides is 6. The highest BCUT2D eigenvalue weighted by Gasteiger charge is 2.44. The first-order chi connectivity index (χ1) is 11.8. The molecule has 1 saturated heterocycles. The first kappa shape index (κ1) is 17.9. The van der Waals surface area contributed by atoms with E-state index in [0.29, 0.717) is 21.2 Å². The summed E-state index contributed by atoms with van der Waals surface area (Å²) in [5, 5.41) is 5.06. The smallest absolute Gasteiger partial charge is 0.326 e. The van der Waals surface area contributed by atoms with Crippen LogP contribution in [0.3, 0.4) is 0 Å². The van der Waals surface area contributed by atoms with E-state index in [1.54, 1.807) is 18.2 Å². The van der Waals surface area contributed by atoms with Crippen molar-refractivity contribution in [1.82, 2.24) is 9.80 Å². The zero-order chi connectivity index (χ0) is 18.6. The lowest BCUT2D eigenvalue weighted by Crippen LogP contribution is -2.39. The average Bonchev–Trinajstić information content (AvgIpc) is 2.73. The van der Waals surface area contributed by atoms with Crippen molar-refractivity contribution in [3.05, 3.63) is 36.9 Å². The van der Waals surface area contributed by atoms with Crippen molar-refractivity contribution >= 4 is 41.0 Å². The van der Waals surface area contributed by atoms with Crippen LogP contribution in [0.1, 0.15) is 6.92 Å². The average molecular weight is 344 g/mol. The number of hydrogen-bond donors (Lipinski definition) is 2. The highest BCUT2D eigenvalue weighted by molar-refractivity contribution is 6.45. The summed E-state index contributed by atoms with van der Waals surface area (Å²) in [6, 6.07) is 5.48. The van der Waals surface area contributed by atoms with Gasteiger partial charge in [-0.05, 0) is 18.2 Å². The molecule has 9 nitrogen and oxygen atoms in total. The molecule has 0 spiro atoms. The fourth-order valence-electron chi connectivity index (χ4n) is 2.20. The fourth-order valence-corrected chi connectivity index (χ4v) is 2.20. The fraction of sp³-hybridized carbons (Fsp3) is 0.188. The molecule has 0 saturated carbocycles. The summed E-state index contributed by atoms with van der Waals surface area (Å²) >= 11 is 0. The van der Waals surface area contributed by atoms with Crippen LogP contribution in [0.2, 0.25) is 0 Å². The first-order valence-corrected chi connectivity index (χ1v) is 7.29. The van der Waals surface area contributed by atoms with Crippen LogP contribution >= 0.6 is 0 Å². The van der Waals surface area contributed by atoms with Gasteiger partial charge in [-0.2, -0.15) is 0 Å². The van der Waals surface area contributed by atoms with E-state index in [2.05, 4.69) is 17.2 Å². The van der Waals surface area contributed by atoms with Gasteiger partial charge in [0.1, 0.15) is 6.54 Å². The molecular weight excluding hydrogens is 328 g/mol. The molecule has 2 N–H and O–H groups in total. The maximum atomic E-state index is 12.1. The van der Waals surface area contributed by atoms with Crippen LogP contribution < -0.4 is 10.6 Å². The molecule has 1 aromatic carbocycles. The molecule has 0 aromatic heterocycles. The standard InChI is InChI=1S/C16H16N4O5/c1-3-7-19-14(23)15(24)20(16(19)25)9-13(22)18-12-6-4-5-11(8-12)17-10(2)21/h3-6,8H,1,7,9H2,2H3,(H,17,21)(H,18,22). The van der Waals surface area contributed by atoms with Crippen LogP contribution in [0.5, 0.6) is 0 Å². The van der Waals surface area contributed by atoms with E-state index in [9.17, 15) is 24.0 Å². The number of anilines is 2. The molecule has 0 unspecified atom stereocenters. The summed E-state index contributed by atoms with van der Waals surface area (Å²) in [7, 11) is 0. The minimum atomic E-state index is -1.06. The van der Waals surface area contributed by atoms with Crippen LogP contribution in [0, 0.1) is 0 Å². The minimum Gasteiger partial charge on any atom is -0.326 e. The van der Waals surface area contributed by atoms with Crippen molar-refractivity contribution in [2.75, 3.05) is 23.7 Å². The summed E-state index contributed by atoms with van der Waals surface area (Å²) in [4.78, 5) is 59.9. The zero-order valence-corrected chi connectivity index (χ0v) is 13.4. The lowest BCUT2D eigenvalue weighted by atomic mass is 10.2. The number of carbonyl (C=O) groups is 5. The number of benzene rings is 1. The lowest BCUT2D eigenvalue weighted by Gasteiger charge is -2.14. The van der Waals surface area contributed by atoms with Gasteiger partial charge in [-0.15, -0.1) is 6.58 Å². The summed E-state index contributed by atoms with van der Waals surface area (Å²) in [6.07, 6.45) is 1.31. The van der Waals surface area contributed by atoms with E-state index in [0.717, 1.165) is 0 Å². The number of hydrogen-bond acceptors (Lipinski definition) is 5. The normalized spacial score (nSPS) is 13.9. The van der Waals surface area contributed by atoms with Crippen molar-refractivity contribution in [2.24, 2.45) is 0 Å². The molecular formula is C16H16N4O5. The second-order valence-electron chi connectivity index (χ2n) is 5.19. The number of rotatable bonds is 6. The van der Waals surface area contributed by atoms with Crippen molar-refractivity contribution in [2.45, 2.75) is 6.92 Å². The van der Waals surface area contributed by atoms with Crippen LogP contribution in [-0.2, 0) is 19.2 Å². The molecule has 1 aromatic rings. The number of carbonyl (C=O) groups excluding carboxylic acids is 5. The van der Waals surface area contributed by atoms with Crippen LogP contribution in [0.25, 0.3) is 0 Å². The molecule has 0 radical (unpaired) electrons. The van der Waals surface area contributed by atoms with Gasteiger partial charge in [-0.3, -0.25) is 24.1 Å². The first-order valence-electron chi connectivity index (χ1n) is 7.29. The van der Waals surface area contributed by atoms with Gasteiger partial charge < -0.3 is 10.6 Å². The summed E-state index contributed by atoms with van der Waals surface area (Å²) in [6.45, 7) is 4.05. The van der Waals surface area contributed by atoms with E-state index in [-0.39, 0.29) is 12.5 Å². The Morgan fingerprint density at radius 1 is 1.08 bits per heavy atom. The van der Waals surface area contributed by atoms with Crippen molar-refractivity contribution < 1.29 is 24.0 Å². The zero-order valence-electron chi connectivity index (χ0n) is 13.4. The van der Waals surface area contributed by atoms with Gasteiger partial charge in [-0.25, -0.2) is 9.69 Å². The SMILES string of the molecule is C=CCN1C(=O)C(=O)N(CC(=O)Nc2cccc(NC(C)=O)c2)C1=O. The number of imide groups is 2. The van der Waals surface area contributed by atoms with Crippen molar-refractivity contribution in [3.8, 4) is 0 Å². The van der Waals surface area contributed by atoms with Crippen molar-refractivity contribution in [3.63, 3.8) is 0 Å². The second-order valence-corrected chi connectivity index (χ2v) is 5.19. The molecule has 6 amide bonds. The summed E-state index contributed by atoms with van der Waals surface area (Å²) < 4.78 is 0. The molecule has 0 atom stereocenters. The molecule has 9 heteroatoms. The maximum absolute atomic E-state index is 12.1. The van der Waals surface area contributed by atoms with E-state index in [4.69, 9.17) is 0 Å². The van der Waals surface area contributed by atoms with Gasteiger partial charge >= 0.3 is 17.8 Å². The Balaban J connectivity index is 2.04. The molecule has 0 aliphatic carbocycles. The van der Waals surface area contributed by atoms with E-state index in [1.807, 2.05) is 0 Å². The van der Waals surface area contributed by atoms with Crippen molar-refractivity contribution in [1.29, 1.82) is 0 Å². The monoisotopic (exact) mass is 344 g/mol. The highest BCUT2D eigenvalue weighted by atomic mass is 16.2. The van der Waals surface area contributed by atoms with E-state index < -0.39 is 30.3 Å². The quantitative estimate of drug-likeness (QED) is 0.444. The summed E-state index contributed by atoms with van der Waals surface area (Å²) in [5.41, 5.74) is 0.843. The van der Waals surface area contributed by atoms with E-state index in [1.165, 1.54) is 19.1 Å². The Morgan fingerprint density at radius 3 is 2.28 bits per heavy atom. The largest absolute Gasteiger partial charge is 0.335 e. The summed E-state index contributed by atoms with van der Waals surface area (Å²) in [5.74, 6) is -2.98. The molecule has 1 aliphatic heterocycles. The minimum absolute atomic E-state index is 0.111. The molecule has 2 rings (SSSR count). The van der Waals surface area contributed by atoms with Gasteiger partial charge in [0.2, 0.25) is 11.8 Å². The third-order valence-corrected chi connectivity index (χ3v) is 3.22. The Labute approximate surface area is 143 Å². The Bertz CT molecular complexity index is 774. The predicted octanol–water partition coefficient (Wildman–Crippen LogP) is 0.560. The lowest BCUT2D eigenvalue weighted by molar-refractivity contribution is -0.143. The molecule has 1 heterocycles. The van der Waals surface area contributed by atoms with Crippen LogP contribution in [0.4, 0.5) is 16.2 Å².